The second kappa shape index (κ2) is 14.4. The van der Waals surface area contributed by atoms with Crippen LogP contribution >= 0.6 is 24.0 Å². The summed E-state index contributed by atoms with van der Waals surface area (Å²) in [4.78, 5) is 14.2. The van der Waals surface area contributed by atoms with Crippen LogP contribution in [0.1, 0.15) is 63.5 Å². The molecular weight excluding hydrogens is 529 g/mol. The van der Waals surface area contributed by atoms with Crippen molar-refractivity contribution in [2.75, 3.05) is 44.2 Å². The molecule has 0 bridgehead atoms. The van der Waals surface area contributed by atoms with Crippen molar-refractivity contribution in [1.29, 1.82) is 0 Å². The van der Waals surface area contributed by atoms with E-state index < -0.39 is 0 Å². The number of hydrogen-bond donors (Lipinski definition) is 2. The molecule has 2 aromatic rings. The van der Waals surface area contributed by atoms with Crippen LogP contribution in [-0.4, -0.2) is 60.3 Å². The lowest BCUT2D eigenvalue weighted by atomic mass is 9.99. The maximum atomic E-state index is 5.51. The van der Waals surface area contributed by atoms with Crippen molar-refractivity contribution in [3.8, 4) is 0 Å². The Morgan fingerprint density at radius 2 is 1.85 bits per heavy atom. The lowest BCUT2D eigenvalue weighted by molar-refractivity contribution is 0.270. The molecule has 1 aliphatic rings. The van der Waals surface area contributed by atoms with E-state index in [9.17, 15) is 0 Å². The topological polar surface area (TPSA) is 81.8 Å². The van der Waals surface area contributed by atoms with Gasteiger partial charge in [-0.2, -0.15) is 0 Å². The predicted molar refractivity (Wildman–Crippen MR) is 145 cm³/mol. The Hall–Kier alpha value is -1.88. The van der Waals surface area contributed by atoms with Crippen molar-refractivity contribution in [3.05, 3.63) is 41.4 Å². The van der Waals surface area contributed by atoms with Gasteiger partial charge in [0, 0.05) is 50.9 Å². The summed E-state index contributed by atoms with van der Waals surface area (Å²) in [7, 11) is 0. The zero-order valence-electron chi connectivity index (χ0n) is 20.5. The minimum Gasteiger partial charge on any atom is -0.359 e. The molecular formula is C24H40IN7O. The summed E-state index contributed by atoms with van der Waals surface area (Å²) in [6.07, 6.45) is 4.08. The highest BCUT2D eigenvalue weighted by Gasteiger charge is 2.16. The van der Waals surface area contributed by atoms with E-state index in [0.29, 0.717) is 19.0 Å². The minimum absolute atomic E-state index is 0. The molecule has 0 spiro atoms. The van der Waals surface area contributed by atoms with Crippen molar-refractivity contribution < 1.29 is 4.52 Å². The van der Waals surface area contributed by atoms with Crippen molar-refractivity contribution in [2.45, 2.75) is 59.5 Å². The van der Waals surface area contributed by atoms with E-state index in [1.54, 1.807) is 0 Å². The molecule has 0 aromatic carbocycles. The molecule has 0 atom stereocenters. The quantitative estimate of drug-likeness (QED) is 0.255. The molecule has 0 amide bonds. The monoisotopic (exact) mass is 569 g/mol. The number of piperazine rings is 1. The first-order valence-corrected chi connectivity index (χ1v) is 12.1. The highest BCUT2D eigenvalue weighted by molar-refractivity contribution is 14.0. The molecule has 0 aliphatic carbocycles. The summed E-state index contributed by atoms with van der Waals surface area (Å²) >= 11 is 0. The number of rotatable bonds is 10. The third-order valence-electron chi connectivity index (χ3n) is 6.13. The van der Waals surface area contributed by atoms with Gasteiger partial charge in [0.25, 0.3) is 0 Å². The third-order valence-corrected chi connectivity index (χ3v) is 6.13. The second-order valence-electron chi connectivity index (χ2n) is 8.23. The second-order valence-corrected chi connectivity index (χ2v) is 8.23. The maximum Gasteiger partial charge on any atom is 0.191 e. The largest absolute Gasteiger partial charge is 0.359 e. The molecule has 3 rings (SSSR count). The summed E-state index contributed by atoms with van der Waals surface area (Å²) in [5, 5.41) is 10.9. The highest BCUT2D eigenvalue weighted by Crippen LogP contribution is 2.22. The predicted octanol–water partition coefficient (Wildman–Crippen LogP) is 3.99. The molecule has 184 valence electrons. The standard InChI is InChI=1S/C24H39N7O.HI/c1-5-20(6-2)22-15-21(32-29-22)18-28-24(25-7-3)27-17-19-9-10-23(26-16-19)31-13-11-30(8-4)12-14-31;/h9-10,15-16,20H,5-8,11-14,17-18H2,1-4H3,(H2,25,27,28);1H. The first-order valence-electron chi connectivity index (χ1n) is 12.1. The molecule has 1 fully saturated rings. The Labute approximate surface area is 215 Å². The molecule has 8 nitrogen and oxygen atoms in total. The van der Waals surface area contributed by atoms with Gasteiger partial charge in [-0.3, -0.25) is 0 Å². The van der Waals surface area contributed by atoms with Crippen molar-refractivity contribution in [1.82, 2.24) is 25.7 Å². The van der Waals surface area contributed by atoms with E-state index >= 15 is 0 Å². The average Bonchev–Trinajstić information content (AvgIpc) is 3.31. The SMILES string of the molecule is CCNC(=NCc1ccc(N2CCN(CC)CC2)nc1)NCc1cc(C(CC)CC)no1.I. The molecule has 9 heteroatoms. The van der Waals surface area contributed by atoms with E-state index in [-0.39, 0.29) is 24.0 Å². The number of halogens is 1. The van der Waals surface area contributed by atoms with Gasteiger partial charge in [-0.1, -0.05) is 32.0 Å². The van der Waals surface area contributed by atoms with Gasteiger partial charge in [0.05, 0.1) is 18.8 Å². The summed E-state index contributed by atoms with van der Waals surface area (Å²) in [6, 6.07) is 6.29. The summed E-state index contributed by atoms with van der Waals surface area (Å²) in [5.74, 6) is 3.09. The Morgan fingerprint density at radius 1 is 1.09 bits per heavy atom. The molecule has 33 heavy (non-hydrogen) atoms. The number of hydrogen-bond acceptors (Lipinski definition) is 6. The summed E-state index contributed by atoms with van der Waals surface area (Å²) < 4.78 is 5.51. The van der Waals surface area contributed by atoms with Crippen LogP contribution in [0.25, 0.3) is 0 Å². The first-order chi connectivity index (χ1) is 15.7. The Bertz CT molecular complexity index is 828. The van der Waals surface area contributed by atoms with Crippen LogP contribution in [0.5, 0.6) is 0 Å². The van der Waals surface area contributed by atoms with Gasteiger partial charge < -0.3 is 25.0 Å². The molecule has 1 saturated heterocycles. The van der Waals surface area contributed by atoms with Crippen molar-refractivity contribution in [2.24, 2.45) is 4.99 Å². The van der Waals surface area contributed by atoms with E-state index in [2.05, 4.69) is 76.5 Å². The molecule has 0 radical (unpaired) electrons. The molecule has 3 heterocycles. The smallest absolute Gasteiger partial charge is 0.191 e. The van der Waals surface area contributed by atoms with E-state index in [1.165, 1.54) is 0 Å². The van der Waals surface area contributed by atoms with Crippen molar-refractivity contribution >= 4 is 35.8 Å². The number of nitrogens with one attached hydrogen (secondary N) is 2. The van der Waals surface area contributed by atoms with Gasteiger partial charge in [-0.25, -0.2) is 9.98 Å². The third kappa shape index (κ3) is 8.13. The molecule has 2 N–H and O–H groups in total. The van der Waals surface area contributed by atoms with E-state index in [4.69, 9.17) is 9.52 Å². The Morgan fingerprint density at radius 3 is 2.45 bits per heavy atom. The normalized spacial score (nSPS) is 14.9. The highest BCUT2D eigenvalue weighted by atomic mass is 127. The molecule has 0 unspecified atom stereocenters. The fraction of sp³-hybridized carbons (Fsp3) is 0.625. The van der Waals surface area contributed by atoms with Crippen LogP contribution in [0.2, 0.25) is 0 Å². The fourth-order valence-electron chi connectivity index (χ4n) is 3.99. The van der Waals surface area contributed by atoms with Gasteiger partial charge in [-0.15, -0.1) is 24.0 Å². The van der Waals surface area contributed by atoms with Gasteiger partial charge in [0.15, 0.2) is 11.7 Å². The maximum absolute atomic E-state index is 5.51. The van der Waals surface area contributed by atoms with Crippen LogP contribution in [-0.2, 0) is 13.1 Å². The van der Waals surface area contributed by atoms with E-state index in [1.807, 2.05) is 6.20 Å². The average molecular weight is 570 g/mol. The van der Waals surface area contributed by atoms with Crippen LogP contribution in [0, 0.1) is 0 Å². The number of likely N-dealkylation sites (N-methyl/N-ethyl adjacent to an activating group) is 1. The number of aromatic nitrogens is 2. The number of anilines is 1. The Kier molecular flexibility index (Phi) is 11.9. The van der Waals surface area contributed by atoms with Gasteiger partial charge in [0.1, 0.15) is 5.82 Å². The number of aliphatic imine (C=N–C) groups is 1. The van der Waals surface area contributed by atoms with Crippen LogP contribution in [0.4, 0.5) is 5.82 Å². The fourth-order valence-corrected chi connectivity index (χ4v) is 3.99. The van der Waals surface area contributed by atoms with Gasteiger partial charge >= 0.3 is 0 Å². The zero-order chi connectivity index (χ0) is 22.8. The van der Waals surface area contributed by atoms with Gasteiger partial charge in [-0.05, 0) is 37.9 Å². The van der Waals surface area contributed by atoms with Crippen LogP contribution in [0.15, 0.2) is 33.9 Å². The first kappa shape index (κ1) is 27.4. The minimum atomic E-state index is 0. The number of pyridine rings is 1. The van der Waals surface area contributed by atoms with Crippen molar-refractivity contribution in [3.63, 3.8) is 0 Å². The van der Waals surface area contributed by atoms with Gasteiger partial charge in [0.2, 0.25) is 0 Å². The number of nitrogens with zero attached hydrogens (tertiary/aromatic N) is 5. The lowest BCUT2D eigenvalue weighted by Gasteiger charge is -2.34. The molecule has 0 saturated carbocycles. The van der Waals surface area contributed by atoms with Crippen LogP contribution in [0.3, 0.4) is 0 Å². The van der Waals surface area contributed by atoms with E-state index in [0.717, 1.165) is 80.9 Å². The number of guanidine groups is 1. The zero-order valence-corrected chi connectivity index (χ0v) is 22.8. The Balaban J connectivity index is 0.00000385. The van der Waals surface area contributed by atoms with Crippen LogP contribution < -0.4 is 15.5 Å². The summed E-state index contributed by atoms with van der Waals surface area (Å²) in [6.45, 7) is 16.0. The molecule has 1 aliphatic heterocycles. The molecule has 2 aromatic heterocycles. The summed E-state index contributed by atoms with van der Waals surface area (Å²) in [5.41, 5.74) is 2.13. The lowest BCUT2D eigenvalue weighted by Crippen LogP contribution is -2.46.